The molecule has 0 radical (unpaired) electrons. The molecule has 2 saturated heterocycles. The molecular weight excluding hydrogens is 240 g/mol. The predicted octanol–water partition coefficient (Wildman–Crippen LogP) is 2.09. The van der Waals surface area contributed by atoms with Crippen LogP contribution in [0.4, 0.5) is 5.95 Å². The molecule has 0 atom stereocenters. The Labute approximate surface area is 114 Å². The number of hydrogen-bond donors (Lipinski definition) is 1. The van der Waals surface area contributed by atoms with Crippen molar-refractivity contribution in [3.8, 4) is 0 Å². The van der Waals surface area contributed by atoms with Gasteiger partial charge in [0.2, 0.25) is 5.89 Å². The van der Waals surface area contributed by atoms with Gasteiger partial charge in [-0.15, -0.1) is 0 Å². The summed E-state index contributed by atoms with van der Waals surface area (Å²) in [6.45, 7) is 6.49. The Kier molecular flexibility index (Phi) is 3.73. The minimum Gasteiger partial charge on any atom is -0.338 e. The third-order valence-corrected chi connectivity index (χ3v) is 4.55. The molecule has 2 aliphatic heterocycles. The number of nitrogens with one attached hydrogen (secondary N) is 1. The molecule has 2 fully saturated rings. The summed E-state index contributed by atoms with van der Waals surface area (Å²) in [4.78, 5) is 6.97. The molecule has 0 unspecified atom stereocenters. The molecule has 0 aromatic carbocycles. The third-order valence-electron chi connectivity index (χ3n) is 4.55. The largest absolute Gasteiger partial charge is 0.338 e. The van der Waals surface area contributed by atoms with E-state index in [-0.39, 0.29) is 5.41 Å². The van der Waals surface area contributed by atoms with Crippen molar-refractivity contribution < 1.29 is 4.52 Å². The Morgan fingerprint density at radius 3 is 2.68 bits per heavy atom. The van der Waals surface area contributed by atoms with Gasteiger partial charge in [0, 0.05) is 13.1 Å². The van der Waals surface area contributed by atoms with E-state index >= 15 is 0 Å². The second kappa shape index (κ2) is 5.49. The Morgan fingerprint density at radius 2 is 2.00 bits per heavy atom. The molecule has 2 aliphatic rings. The number of aromatic nitrogens is 2. The van der Waals surface area contributed by atoms with E-state index in [2.05, 4.69) is 22.3 Å². The lowest BCUT2D eigenvalue weighted by atomic mass is 9.75. The first kappa shape index (κ1) is 12.9. The van der Waals surface area contributed by atoms with Gasteiger partial charge in [-0.2, -0.15) is 4.98 Å². The highest BCUT2D eigenvalue weighted by atomic mass is 16.5. The summed E-state index contributed by atoms with van der Waals surface area (Å²) in [6, 6.07) is 0. The van der Waals surface area contributed by atoms with Crippen molar-refractivity contribution in [3.63, 3.8) is 0 Å². The first-order valence-electron chi connectivity index (χ1n) is 7.64. The maximum Gasteiger partial charge on any atom is 0.266 e. The van der Waals surface area contributed by atoms with E-state index in [1.165, 1.54) is 19.3 Å². The van der Waals surface area contributed by atoms with Gasteiger partial charge in [-0.1, -0.05) is 13.3 Å². The molecule has 0 spiro atoms. The second-order valence-corrected chi connectivity index (χ2v) is 5.87. The van der Waals surface area contributed by atoms with Crippen LogP contribution in [0.15, 0.2) is 4.52 Å². The van der Waals surface area contributed by atoms with Crippen LogP contribution < -0.4 is 10.2 Å². The fourth-order valence-electron chi connectivity index (χ4n) is 3.43. The molecule has 106 valence electrons. The molecule has 0 saturated carbocycles. The number of hydrogen-bond acceptors (Lipinski definition) is 5. The molecule has 1 N–H and O–H groups in total. The van der Waals surface area contributed by atoms with E-state index in [0.29, 0.717) is 0 Å². The summed E-state index contributed by atoms with van der Waals surface area (Å²) < 4.78 is 5.64. The topological polar surface area (TPSA) is 54.2 Å². The Morgan fingerprint density at radius 1 is 1.26 bits per heavy atom. The lowest BCUT2D eigenvalue weighted by molar-refractivity contribution is 0.208. The minimum atomic E-state index is 0.116. The molecule has 1 aromatic heterocycles. The zero-order valence-electron chi connectivity index (χ0n) is 11.8. The minimum absolute atomic E-state index is 0.116. The lowest BCUT2D eigenvalue weighted by Gasteiger charge is -2.34. The average Bonchev–Trinajstić information content (AvgIpc) is 3.11. The van der Waals surface area contributed by atoms with E-state index in [0.717, 1.165) is 57.3 Å². The van der Waals surface area contributed by atoms with Crippen LogP contribution in [0, 0.1) is 0 Å². The molecular formula is C14H24N4O. The molecule has 0 aliphatic carbocycles. The molecule has 0 bridgehead atoms. The highest BCUT2D eigenvalue weighted by Gasteiger charge is 2.38. The smallest absolute Gasteiger partial charge is 0.266 e. The lowest BCUT2D eigenvalue weighted by Crippen LogP contribution is -2.40. The Bertz CT molecular complexity index is 400. The summed E-state index contributed by atoms with van der Waals surface area (Å²) in [6.07, 6.45) is 7.03. The molecule has 1 aromatic rings. The van der Waals surface area contributed by atoms with Gasteiger partial charge in [-0.25, -0.2) is 0 Å². The van der Waals surface area contributed by atoms with Crippen molar-refractivity contribution in [1.29, 1.82) is 0 Å². The van der Waals surface area contributed by atoms with Crippen LogP contribution >= 0.6 is 0 Å². The SMILES string of the molecule is CCCC1(c2nc(N3CCCC3)no2)CCNCC1. The molecule has 0 amide bonds. The van der Waals surface area contributed by atoms with Crippen molar-refractivity contribution in [2.75, 3.05) is 31.1 Å². The van der Waals surface area contributed by atoms with Crippen LogP contribution in [-0.2, 0) is 5.41 Å². The van der Waals surface area contributed by atoms with Gasteiger partial charge in [-0.05, 0) is 50.4 Å². The van der Waals surface area contributed by atoms with E-state index in [1.807, 2.05) is 0 Å². The van der Waals surface area contributed by atoms with Crippen molar-refractivity contribution in [1.82, 2.24) is 15.5 Å². The average molecular weight is 264 g/mol. The number of piperidine rings is 1. The van der Waals surface area contributed by atoms with Gasteiger partial charge < -0.3 is 14.7 Å². The Hall–Kier alpha value is -1.10. The fraction of sp³-hybridized carbons (Fsp3) is 0.857. The normalized spacial score (nSPS) is 22.9. The molecule has 5 nitrogen and oxygen atoms in total. The van der Waals surface area contributed by atoms with Gasteiger partial charge in [0.15, 0.2) is 0 Å². The summed E-state index contributed by atoms with van der Waals surface area (Å²) >= 11 is 0. The van der Waals surface area contributed by atoms with Crippen LogP contribution in [0.25, 0.3) is 0 Å². The number of nitrogens with zero attached hydrogens (tertiary/aromatic N) is 3. The van der Waals surface area contributed by atoms with Crippen molar-refractivity contribution in [2.45, 2.75) is 50.9 Å². The number of rotatable bonds is 4. The zero-order chi connectivity index (χ0) is 13.1. The van der Waals surface area contributed by atoms with Crippen LogP contribution in [0.2, 0.25) is 0 Å². The quantitative estimate of drug-likeness (QED) is 0.902. The standard InChI is InChI=1S/C14H24N4O/c1-2-5-14(6-8-15-9-7-14)12-16-13(17-19-12)18-10-3-4-11-18/h15H,2-11H2,1H3. The van der Waals surface area contributed by atoms with Crippen LogP contribution in [0.5, 0.6) is 0 Å². The summed E-state index contributed by atoms with van der Waals surface area (Å²) in [5.41, 5.74) is 0.116. The van der Waals surface area contributed by atoms with Crippen LogP contribution in [0.3, 0.4) is 0 Å². The zero-order valence-corrected chi connectivity index (χ0v) is 11.8. The first-order valence-corrected chi connectivity index (χ1v) is 7.64. The fourth-order valence-corrected chi connectivity index (χ4v) is 3.43. The molecule has 3 heterocycles. The van der Waals surface area contributed by atoms with E-state index < -0.39 is 0 Å². The maximum absolute atomic E-state index is 5.64. The number of anilines is 1. The van der Waals surface area contributed by atoms with Crippen LogP contribution in [-0.4, -0.2) is 36.3 Å². The Balaban J connectivity index is 1.81. The van der Waals surface area contributed by atoms with Gasteiger partial charge in [0.1, 0.15) is 0 Å². The summed E-state index contributed by atoms with van der Waals surface area (Å²) in [5.74, 6) is 1.68. The van der Waals surface area contributed by atoms with Crippen LogP contribution in [0.1, 0.15) is 51.3 Å². The molecule has 5 heteroatoms. The van der Waals surface area contributed by atoms with E-state index in [9.17, 15) is 0 Å². The maximum atomic E-state index is 5.64. The molecule has 3 rings (SSSR count). The monoisotopic (exact) mass is 264 g/mol. The second-order valence-electron chi connectivity index (χ2n) is 5.87. The van der Waals surface area contributed by atoms with E-state index in [4.69, 9.17) is 9.51 Å². The van der Waals surface area contributed by atoms with E-state index in [1.54, 1.807) is 0 Å². The third kappa shape index (κ3) is 2.48. The van der Waals surface area contributed by atoms with Gasteiger partial charge in [0.05, 0.1) is 5.41 Å². The van der Waals surface area contributed by atoms with Crippen molar-refractivity contribution in [3.05, 3.63) is 5.89 Å². The predicted molar refractivity (Wildman–Crippen MR) is 74.4 cm³/mol. The highest BCUT2D eigenvalue weighted by Crippen LogP contribution is 2.37. The van der Waals surface area contributed by atoms with Gasteiger partial charge in [0.25, 0.3) is 5.95 Å². The van der Waals surface area contributed by atoms with Gasteiger partial charge in [-0.3, -0.25) is 0 Å². The summed E-state index contributed by atoms with van der Waals surface area (Å²) in [5, 5.41) is 7.65. The van der Waals surface area contributed by atoms with Crippen molar-refractivity contribution in [2.24, 2.45) is 0 Å². The van der Waals surface area contributed by atoms with Gasteiger partial charge >= 0.3 is 0 Å². The summed E-state index contributed by atoms with van der Waals surface area (Å²) in [7, 11) is 0. The molecule has 19 heavy (non-hydrogen) atoms. The first-order chi connectivity index (χ1) is 9.34. The van der Waals surface area contributed by atoms with Crippen molar-refractivity contribution >= 4 is 5.95 Å². The highest BCUT2D eigenvalue weighted by molar-refractivity contribution is 5.30.